The van der Waals surface area contributed by atoms with Crippen molar-refractivity contribution in [3.8, 4) is 0 Å². The van der Waals surface area contributed by atoms with E-state index in [1.807, 2.05) is 11.8 Å². The topological polar surface area (TPSA) is 84.2 Å². The number of hydrogen-bond donors (Lipinski definition) is 3. The molecular weight excluding hydrogens is 190 g/mol. The van der Waals surface area contributed by atoms with Crippen LogP contribution in [0.5, 0.6) is 0 Å². The predicted octanol–water partition coefficient (Wildman–Crippen LogP) is -1.01. The van der Waals surface area contributed by atoms with Crippen molar-refractivity contribution >= 4 is 23.6 Å². The number of carbonyl (C=O) groups is 2. The Bertz CT molecular complexity index is 204. The Balaban J connectivity index is 2.30. The standard InChI is InChI=1S/C7H13N3O2S/c8-10-7(12)6(11)9-5-1-3-13-4-2-5/h5H,1-4,8H2,(H,9,11)(H,10,12). The van der Waals surface area contributed by atoms with Gasteiger partial charge in [0.15, 0.2) is 0 Å². The molecule has 13 heavy (non-hydrogen) atoms. The summed E-state index contributed by atoms with van der Waals surface area (Å²) >= 11 is 1.86. The number of nitrogens with one attached hydrogen (secondary N) is 2. The maximum Gasteiger partial charge on any atom is 0.323 e. The van der Waals surface area contributed by atoms with Gasteiger partial charge in [-0.15, -0.1) is 0 Å². The van der Waals surface area contributed by atoms with Crippen LogP contribution in [0.2, 0.25) is 0 Å². The number of rotatable bonds is 1. The number of thioether (sulfide) groups is 1. The molecule has 0 radical (unpaired) electrons. The van der Waals surface area contributed by atoms with Crippen molar-refractivity contribution < 1.29 is 9.59 Å². The van der Waals surface area contributed by atoms with Gasteiger partial charge in [-0.3, -0.25) is 15.0 Å². The Labute approximate surface area is 80.8 Å². The second-order valence-corrected chi connectivity index (χ2v) is 4.06. The van der Waals surface area contributed by atoms with E-state index in [4.69, 9.17) is 5.84 Å². The van der Waals surface area contributed by atoms with Gasteiger partial charge in [0.25, 0.3) is 0 Å². The molecular formula is C7H13N3O2S. The molecule has 1 aliphatic rings. The van der Waals surface area contributed by atoms with Gasteiger partial charge in [-0.25, -0.2) is 5.84 Å². The van der Waals surface area contributed by atoms with Crippen molar-refractivity contribution in [2.75, 3.05) is 11.5 Å². The summed E-state index contributed by atoms with van der Waals surface area (Å²) in [6.07, 6.45) is 1.85. The molecule has 1 heterocycles. The van der Waals surface area contributed by atoms with Crippen LogP contribution in [0.4, 0.5) is 0 Å². The van der Waals surface area contributed by atoms with E-state index in [0.29, 0.717) is 0 Å². The maximum absolute atomic E-state index is 11.0. The highest BCUT2D eigenvalue weighted by Crippen LogP contribution is 2.16. The molecule has 1 fully saturated rings. The molecule has 0 unspecified atom stereocenters. The van der Waals surface area contributed by atoms with Gasteiger partial charge in [-0.2, -0.15) is 11.8 Å². The Morgan fingerprint density at radius 3 is 2.38 bits per heavy atom. The maximum atomic E-state index is 11.0. The molecule has 74 valence electrons. The van der Waals surface area contributed by atoms with Crippen molar-refractivity contribution in [1.82, 2.24) is 10.7 Å². The number of amides is 2. The van der Waals surface area contributed by atoms with Crippen molar-refractivity contribution in [2.45, 2.75) is 18.9 Å². The third-order valence-corrected chi connectivity index (χ3v) is 2.94. The lowest BCUT2D eigenvalue weighted by Crippen LogP contribution is -2.47. The number of hydrogen-bond acceptors (Lipinski definition) is 4. The lowest BCUT2D eigenvalue weighted by Gasteiger charge is -2.21. The summed E-state index contributed by atoms with van der Waals surface area (Å²) in [5.74, 6) is 5.47. The third kappa shape index (κ3) is 3.23. The Morgan fingerprint density at radius 2 is 1.85 bits per heavy atom. The molecule has 0 atom stereocenters. The first-order valence-corrected chi connectivity index (χ1v) is 5.28. The summed E-state index contributed by atoms with van der Waals surface area (Å²) in [5, 5.41) is 2.63. The largest absolute Gasteiger partial charge is 0.345 e. The van der Waals surface area contributed by atoms with E-state index < -0.39 is 11.8 Å². The zero-order valence-corrected chi connectivity index (χ0v) is 8.02. The monoisotopic (exact) mass is 203 g/mol. The van der Waals surface area contributed by atoms with Gasteiger partial charge in [0.2, 0.25) is 0 Å². The van der Waals surface area contributed by atoms with Gasteiger partial charge >= 0.3 is 11.8 Å². The number of hydrazine groups is 1. The van der Waals surface area contributed by atoms with E-state index in [-0.39, 0.29) is 6.04 Å². The predicted molar refractivity (Wildman–Crippen MR) is 50.8 cm³/mol. The van der Waals surface area contributed by atoms with E-state index in [2.05, 4.69) is 5.32 Å². The lowest BCUT2D eigenvalue weighted by atomic mass is 10.1. The van der Waals surface area contributed by atoms with Crippen molar-refractivity contribution in [1.29, 1.82) is 0 Å². The zero-order chi connectivity index (χ0) is 9.68. The molecule has 0 aromatic heterocycles. The number of carbonyl (C=O) groups excluding carboxylic acids is 2. The normalized spacial score (nSPS) is 17.9. The van der Waals surface area contributed by atoms with E-state index in [0.717, 1.165) is 24.3 Å². The third-order valence-electron chi connectivity index (χ3n) is 1.89. The van der Waals surface area contributed by atoms with Crippen LogP contribution in [0.15, 0.2) is 0 Å². The highest BCUT2D eigenvalue weighted by atomic mass is 32.2. The van der Waals surface area contributed by atoms with Crippen LogP contribution in [0.3, 0.4) is 0 Å². The molecule has 0 aromatic carbocycles. The van der Waals surface area contributed by atoms with Crippen LogP contribution in [-0.4, -0.2) is 29.4 Å². The second-order valence-electron chi connectivity index (χ2n) is 2.83. The fourth-order valence-corrected chi connectivity index (χ4v) is 2.26. The van der Waals surface area contributed by atoms with E-state index >= 15 is 0 Å². The van der Waals surface area contributed by atoms with Gasteiger partial charge < -0.3 is 5.32 Å². The summed E-state index contributed by atoms with van der Waals surface area (Å²) in [6.45, 7) is 0. The average molecular weight is 203 g/mol. The molecule has 1 aliphatic heterocycles. The molecule has 1 saturated heterocycles. The second kappa shape index (κ2) is 5.08. The Kier molecular flexibility index (Phi) is 4.04. The highest BCUT2D eigenvalue weighted by Gasteiger charge is 2.19. The van der Waals surface area contributed by atoms with Gasteiger partial charge in [-0.05, 0) is 24.3 Å². The quantitative estimate of drug-likeness (QED) is 0.221. The molecule has 1 rings (SSSR count). The molecule has 0 aliphatic carbocycles. The Morgan fingerprint density at radius 1 is 1.23 bits per heavy atom. The van der Waals surface area contributed by atoms with E-state index in [9.17, 15) is 9.59 Å². The molecule has 5 nitrogen and oxygen atoms in total. The minimum atomic E-state index is -0.779. The Hall–Kier alpha value is -0.750. The van der Waals surface area contributed by atoms with E-state index in [1.54, 1.807) is 5.43 Å². The van der Waals surface area contributed by atoms with Gasteiger partial charge in [-0.1, -0.05) is 0 Å². The van der Waals surface area contributed by atoms with Crippen molar-refractivity contribution in [3.05, 3.63) is 0 Å². The first-order valence-electron chi connectivity index (χ1n) is 4.13. The molecule has 6 heteroatoms. The van der Waals surface area contributed by atoms with Gasteiger partial charge in [0.05, 0.1) is 0 Å². The first-order chi connectivity index (χ1) is 6.24. The summed E-state index contributed by atoms with van der Waals surface area (Å²) in [5.41, 5.74) is 1.80. The van der Waals surface area contributed by atoms with Crippen molar-refractivity contribution in [3.63, 3.8) is 0 Å². The smallest absolute Gasteiger partial charge is 0.323 e. The SMILES string of the molecule is NNC(=O)C(=O)NC1CCSCC1. The van der Waals surface area contributed by atoms with E-state index in [1.165, 1.54) is 0 Å². The molecule has 0 saturated carbocycles. The van der Waals surface area contributed by atoms with Crippen LogP contribution in [0.1, 0.15) is 12.8 Å². The number of nitrogens with two attached hydrogens (primary N) is 1. The molecule has 0 aromatic rings. The average Bonchev–Trinajstić information content (AvgIpc) is 2.18. The molecule has 4 N–H and O–H groups in total. The lowest BCUT2D eigenvalue weighted by molar-refractivity contribution is -0.139. The van der Waals surface area contributed by atoms with Gasteiger partial charge in [0.1, 0.15) is 0 Å². The summed E-state index contributed by atoms with van der Waals surface area (Å²) < 4.78 is 0. The van der Waals surface area contributed by atoms with Crippen LogP contribution in [0.25, 0.3) is 0 Å². The first kappa shape index (κ1) is 10.3. The zero-order valence-electron chi connectivity index (χ0n) is 7.21. The molecule has 2 amide bonds. The summed E-state index contributed by atoms with van der Waals surface area (Å²) in [6, 6.07) is 0.131. The highest BCUT2D eigenvalue weighted by molar-refractivity contribution is 7.99. The van der Waals surface area contributed by atoms with Crippen LogP contribution in [0, 0.1) is 0 Å². The fraction of sp³-hybridized carbons (Fsp3) is 0.714. The van der Waals surface area contributed by atoms with Crippen molar-refractivity contribution in [2.24, 2.45) is 5.84 Å². The summed E-state index contributed by atoms with van der Waals surface area (Å²) in [4.78, 5) is 21.8. The summed E-state index contributed by atoms with van der Waals surface area (Å²) in [7, 11) is 0. The fourth-order valence-electron chi connectivity index (χ4n) is 1.16. The van der Waals surface area contributed by atoms with Gasteiger partial charge in [0, 0.05) is 6.04 Å². The van der Waals surface area contributed by atoms with Crippen LogP contribution < -0.4 is 16.6 Å². The van der Waals surface area contributed by atoms with Crippen LogP contribution in [-0.2, 0) is 9.59 Å². The van der Waals surface area contributed by atoms with Crippen LogP contribution >= 0.6 is 11.8 Å². The minimum Gasteiger partial charge on any atom is -0.345 e. The molecule has 0 bridgehead atoms. The molecule has 0 spiro atoms. The minimum absolute atomic E-state index is 0.131.